The first kappa shape index (κ1) is 17.1. The number of ether oxygens (including phenoxy) is 1. The van der Waals surface area contributed by atoms with Crippen molar-refractivity contribution in [2.24, 2.45) is 0 Å². The molecule has 2 N–H and O–H groups in total. The van der Waals surface area contributed by atoms with Crippen molar-refractivity contribution in [3.8, 4) is 0 Å². The average molecular weight is 341 g/mol. The van der Waals surface area contributed by atoms with Crippen LogP contribution >= 0.6 is 0 Å². The lowest BCUT2D eigenvalue weighted by Crippen LogP contribution is -2.42. The van der Waals surface area contributed by atoms with Crippen molar-refractivity contribution < 1.29 is 14.5 Å². The van der Waals surface area contributed by atoms with E-state index in [9.17, 15) is 14.9 Å². The number of anilines is 1. The van der Waals surface area contributed by atoms with E-state index in [-0.39, 0.29) is 17.6 Å². The number of nitro benzene ring substituents is 1. The molecule has 1 saturated heterocycles. The SMILES string of the molecule is O=C(c1ccccc1)c1ccc(NCC2CNCCO2)c([N+](=O)[O-])c1. The number of hydrogen-bond donors (Lipinski definition) is 2. The number of nitrogens with zero attached hydrogens (tertiary/aromatic N) is 1. The van der Waals surface area contributed by atoms with Gasteiger partial charge in [-0.15, -0.1) is 0 Å². The molecule has 130 valence electrons. The molecule has 2 aromatic rings. The molecule has 1 aliphatic heterocycles. The third-order valence-corrected chi connectivity index (χ3v) is 4.02. The molecule has 1 aliphatic rings. The third-order valence-electron chi connectivity index (χ3n) is 4.02. The molecule has 1 fully saturated rings. The lowest BCUT2D eigenvalue weighted by Gasteiger charge is -2.24. The second-order valence-corrected chi connectivity index (χ2v) is 5.76. The van der Waals surface area contributed by atoms with Crippen LogP contribution in [0.1, 0.15) is 15.9 Å². The number of morpholine rings is 1. The van der Waals surface area contributed by atoms with Crippen LogP contribution in [0, 0.1) is 10.1 Å². The summed E-state index contributed by atoms with van der Waals surface area (Å²) in [6.45, 7) is 2.59. The highest BCUT2D eigenvalue weighted by Gasteiger charge is 2.20. The van der Waals surface area contributed by atoms with Gasteiger partial charge < -0.3 is 15.4 Å². The van der Waals surface area contributed by atoms with Crippen molar-refractivity contribution in [1.29, 1.82) is 0 Å². The molecule has 7 nitrogen and oxygen atoms in total. The van der Waals surface area contributed by atoms with Crippen molar-refractivity contribution >= 4 is 17.2 Å². The Kier molecular flexibility index (Phi) is 5.37. The van der Waals surface area contributed by atoms with E-state index >= 15 is 0 Å². The van der Waals surface area contributed by atoms with E-state index in [1.54, 1.807) is 36.4 Å². The zero-order valence-electron chi connectivity index (χ0n) is 13.6. The van der Waals surface area contributed by atoms with Crippen molar-refractivity contribution in [2.75, 3.05) is 31.6 Å². The summed E-state index contributed by atoms with van der Waals surface area (Å²) >= 11 is 0. The fourth-order valence-electron chi connectivity index (χ4n) is 2.70. The van der Waals surface area contributed by atoms with Crippen LogP contribution in [0.4, 0.5) is 11.4 Å². The molecule has 0 amide bonds. The van der Waals surface area contributed by atoms with Crippen LogP contribution in [-0.4, -0.2) is 43.1 Å². The Labute approximate surface area is 145 Å². The maximum Gasteiger partial charge on any atom is 0.293 e. The summed E-state index contributed by atoms with van der Waals surface area (Å²) in [7, 11) is 0. The average Bonchev–Trinajstić information content (AvgIpc) is 2.67. The summed E-state index contributed by atoms with van der Waals surface area (Å²) in [4.78, 5) is 23.4. The van der Waals surface area contributed by atoms with E-state index in [1.807, 2.05) is 6.07 Å². The topological polar surface area (TPSA) is 93.5 Å². The van der Waals surface area contributed by atoms with E-state index in [0.717, 1.165) is 6.54 Å². The minimum atomic E-state index is -0.482. The van der Waals surface area contributed by atoms with Gasteiger partial charge in [-0.25, -0.2) is 0 Å². The predicted molar refractivity (Wildman–Crippen MR) is 94.1 cm³/mol. The molecule has 0 saturated carbocycles. The Morgan fingerprint density at radius 2 is 2.04 bits per heavy atom. The molecule has 1 heterocycles. The highest BCUT2D eigenvalue weighted by molar-refractivity contribution is 6.09. The minimum Gasteiger partial charge on any atom is -0.377 e. The molecule has 1 atom stereocenters. The zero-order valence-corrected chi connectivity index (χ0v) is 13.6. The fourth-order valence-corrected chi connectivity index (χ4v) is 2.70. The highest BCUT2D eigenvalue weighted by Crippen LogP contribution is 2.27. The van der Waals surface area contributed by atoms with Crippen LogP contribution in [0.2, 0.25) is 0 Å². The van der Waals surface area contributed by atoms with Crippen LogP contribution in [-0.2, 0) is 4.74 Å². The summed E-state index contributed by atoms with van der Waals surface area (Å²) in [5.41, 5.74) is 1.05. The smallest absolute Gasteiger partial charge is 0.293 e. The summed E-state index contributed by atoms with van der Waals surface area (Å²) in [6.07, 6.45) is -0.0426. The van der Waals surface area contributed by atoms with Gasteiger partial charge in [0.2, 0.25) is 0 Å². The molecule has 3 rings (SSSR count). The minimum absolute atomic E-state index is 0.0426. The maximum absolute atomic E-state index is 12.5. The number of nitro groups is 1. The number of hydrogen-bond acceptors (Lipinski definition) is 6. The molecule has 2 aromatic carbocycles. The number of nitrogens with one attached hydrogen (secondary N) is 2. The van der Waals surface area contributed by atoms with E-state index < -0.39 is 4.92 Å². The number of carbonyl (C=O) groups excluding carboxylic acids is 1. The standard InChI is InChI=1S/C18H19N3O4/c22-18(13-4-2-1-3-5-13)14-6-7-16(17(10-14)21(23)24)20-12-15-11-19-8-9-25-15/h1-7,10,15,19-20H,8-9,11-12H2. The van der Waals surface area contributed by atoms with Crippen LogP contribution in [0.15, 0.2) is 48.5 Å². The van der Waals surface area contributed by atoms with E-state index in [0.29, 0.717) is 36.5 Å². The highest BCUT2D eigenvalue weighted by atomic mass is 16.6. The first-order valence-corrected chi connectivity index (χ1v) is 8.09. The van der Waals surface area contributed by atoms with Crippen molar-refractivity contribution in [2.45, 2.75) is 6.10 Å². The molecular formula is C18H19N3O4. The van der Waals surface area contributed by atoms with Crippen LogP contribution in [0.25, 0.3) is 0 Å². The van der Waals surface area contributed by atoms with Gasteiger partial charge in [0.25, 0.3) is 5.69 Å². The second-order valence-electron chi connectivity index (χ2n) is 5.76. The molecule has 0 radical (unpaired) electrons. The number of rotatable bonds is 6. The summed E-state index contributed by atoms with van der Waals surface area (Å²) in [5, 5.41) is 17.7. The van der Waals surface area contributed by atoms with E-state index in [4.69, 9.17) is 4.74 Å². The lowest BCUT2D eigenvalue weighted by atomic mass is 10.0. The van der Waals surface area contributed by atoms with Gasteiger partial charge in [0.1, 0.15) is 5.69 Å². The van der Waals surface area contributed by atoms with E-state index in [1.165, 1.54) is 6.07 Å². The Morgan fingerprint density at radius 1 is 1.24 bits per heavy atom. The summed E-state index contributed by atoms with van der Waals surface area (Å²) in [5.74, 6) is -0.241. The molecule has 1 unspecified atom stereocenters. The van der Waals surface area contributed by atoms with Gasteiger partial charge in [-0.3, -0.25) is 14.9 Å². The van der Waals surface area contributed by atoms with Gasteiger partial charge in [0, 0.05) is 36.8 Å². The molecule has 0 aliphatic carbocycles. The summed E-state index contributed by atoms with van der Waals surface area (Å²) < 4.78 is 5.57. The zero-order chi connectivity index (χ0) is 17.6. The van der Waals surface area contributed by atoms with Crippen LogP contribution < -0.4 is 10.6 Å². The largest absolute Gasteiger partial charge is 0.377 e. The predicted octanol–water partition coefficient (Wildman–Crippen LogP) is 2.23. The normalized spacial score (nSPS) is 17.0. The van der Waals surface area contributed by atoms with Gasteiger partial charge in [-0.05, 0) is 12.1 Å². The number of ketones is 1. The van der Waals surface area contributed by atoms with Crippen LogP contribution in [0.5, 0.6) is 0 Å². The van der Waals surface area contributed by atoms with Crippen molar-refractivity contribution in [3.63, 3.8) is 0 Å². The monoisotopic (exact) mass is 341 g/mol. The van der Waals surface area contributed by atoms with Crippen molar-refractivity contribution in [3.05, 3.63) is 69.8 Å². The first-order valence-electron chi connectivity index (χ1n) is 8.09. The second kappa shape index (κ2) is 7.87. The molecule has 7 heteroatoms. The van der Waals surface area contributed by atoms with Crippen molar-refractivity contribution in [1.82, 2.24) is 5.32 Å². The maximum atomic E-state index is 12.5. The fraction of sp³-hybridized carbons (Fsp3) is 0.278. The number of benzene rings is 2. The molecule has 0 spiro atoms. The Morgan fingerprint density at radius 3 is 2.72 bits per heavy atom. The Bertz CT molecular complexity index is 758. The molecule has 0 aromatic heterocycles. The molecule has 25 heavy (non-hydrogen) atoms. The van der Waals surface area contributed by atoms with E-state index in [2.05, 4.69) is 10.6 Å². The first-order chi connectivity index (χ1) is 12.1. The van der Waals surface area contributed by atoms with Crippen LogP contribution in [0.3, 0.4) is 0 Å². The quantitative estimate of drug-likeness (QED) is 0.475. The Balaban J connectivity index is 1.78. The number of carbonyl (C=O) groups is 1. The Hall–Kier alpha value is -2.77. The summed E-state index contributed by atoms with van der Waals surface area (Å²) in [6, 6.07) is 13.2. The van der Waals surface area contributed by atoms with Gasteiger partial charge in [0.05, 0.1) is 17.6 Å². The molecular weight excluding hydrogens is 322 g/mol. The third kappa shape index (κ3) is 4.20. The van der Waals surface area contributed by atoms with Gasteiger partial charge in [-0.2, -0.15) is 0 Å². The van der Waals surface area contributed by atoms with Gasteiger partial charge in [-0.1, -0.05) is 30.3 Å². The lowest BCUT2D eigenvalue weighted by molar-refractivity contribution is -0.384. The van der Waals surface area contributed by atoms with Gasteiger partial charge >= 0.3 is 0 Å². The molecule has 0 bridgehead atoms. The van der Waals surface area contributed by atoms with Gasteiger partial charge in [0.15, 0.2) is 5.78 Å².